The molecule has 2 aliphatic heterocycles. The average molecular weight is 479 g/mol. The Bertz CT molecular complexity index is 1280. The van der Waals surface area contributed by atoms with Gasteiger partial charge in [0.25, 0.3) is 0 Å². The summed E-state index contributed by atoms with van der Waals surface area (Å²) in [5.41, 5.74) is 1.80. The first-order valence-electron chi connectivity index (χ1n) is 11.8. The van der Waals surface area contributed by atoms with E-state index in [9.17, 15) is 4.79 Å². The van der Waals surface area contributed by atoms with Crippen LogP contribution in [0.3, 0.4) is 0 Å². The predicted octanol–water partition coefficient (Wildman–Crippen LogP) is 4.45. The fraction of sp³-hybridized carbons (Fsp3) is 0.423. The van der Waals surface area contributed by atoms with Crippen LogP contribution in [0.15, 0.2) is 30.6 Å². The van der Waals surface area contributed by atoms with Gasteiger partial charge in [0.15, 0.2) is 28.8 Å². The van der Waals surface area contributed by atoms with E-state index >= 15 is 0 Å². The normalized spacial score (nSPS) is 18.1. The number of Topliss-reactive ketones (excluding diaryl/α,β-unsaturated/α-hetero) is 1. The van der Waals surface area contributed by atoms with E-state index in [1.54, 1.807) is 7.11 Å². The minimum Gasteiger partial charge on any atom is -0.493 e. The molecule has 0 unspecified atom stereocenters. The zero-order valence-corrected chi connectivity index (χ0v) is 20.5. The molecule has 0 aliphatic carbocycles. The zero-order valence-electron chi connectivity index (χ0n) is 20.5. The number of aromatic nitrogens is 2. The van der Waals surface area contributed by atoms with Crippen LogP contribution in [-0.4, -0.2) is 53.7 Å². The van der Waals surface area contributed by atoms with Gasteiger partial charge in [0.05, 0.1) is 30.5 Å². The third-order valence-corrected chi connectivity index (χ3v) is 6.89. The van der Waals surface area contributed by atoms with E-state index in [4.69, 9.17) is 18.9 Å². The number of nitrogens with one attached hydrogen (secondary N) is 1. The smallest absolute Gasteiger partial charge is 0.231 e. The summed E-state index contributed by atoms with van der Waals surface area (Å²) in [5, 5.41) is 4.27. The van der Waals surface area contributed by atoms with Crippen molar-refractivity contribution in [3.05, 3.63) is 36.2 Å². The first kappa shape index (κ1) is 23.2. The molecule has 2 aliphatic rings. The fourth-order valence-electron chi connectivity index (χ4n) is 4.38. The van der Waals surface area contributed by atoms with Gasteiger partial charge in [-0.1, -0.05) is 6.07 Å². The number of hydrogen-bond donors (Lipinski definition) is 1. The first-order valence-corrected chi connectivity index (χ1v) is 11.8. The molecule has 2 aromatic carbocycles. The number of anilines is 2. The van der Waals surface area contributed by atoms with Crippen molar-refractivity contribution in [2.75, 3.05) is 32.9 Å². The molecule has 3 aromatic rings. The minimum absolute atomic E-state index is 0.146. The highest BCUT2D eigenvalue weighted by molar-refractivity contribution is 5.94. The Morgan fingerprint density at radius 3 is 2.77 bits per heavy atom. The molecule has 9 nitrogen and oxygen atoms in total. The Labute approximate surface area is 204 Å². The Balaban J connectivity index is 1.65. The highest BCUT2D eigenvalue weighted by Crippen LogP contribution is 2.44. The van der Waals surface area contributed by atoms with Crippen molar-refractivity contribution in [1.29, 1.82) is 0 Å². The maximum absolute atomic E-state index is 13.1. The summed E-state index contributed by atoms with van der Waals surface area (Å²) in [6, 6.07) is 7.63. The molecular formula is C26H30N4O5. The van der Waals surface area contributed by atoms with Crippen molar-refractivity contribution in [1.82, 2.24) is 14.9 Å². The van der Waals surface area contributed by atoms with Crippen LogP contribution in [0.4, 0.5) is 11.5 Å². The van der Waals surface area contributed by atoms with Crippen LogP contribution in [0.2, 0.25) is 0 Å². The Kier molecular flexibility index (Phi) is 6.10. The lowest BCUT2D eigenvalue weighted by Crippen LogP contribution is -2.47. The van der Waals surface area contributed by atoms with Crippen molar-refractivity contribution < 1.29 is 23.7 Å². The molecule has 0 saturated carbocycles. The van der Waals surface area contributed by atoms with E-state index in [2.05, 4.69) is 20.2 Å². The molecule has 184 valence electrons. The standard InChI is InChI=1S/C26H30N4O5/c1-26(2)22(31)7-5-6-10-33-21-11-17-18(12-20(21)32-4)27-14-28-25(17)29-23-16(13-30(26)3)8-9-19-24(23)35-15-34-19/h8-9,11-12,14H,5-7,10,13,15H2,1-4H3,(H,27,28,29). The van der Waals surface area contributed by atoms with Gasteiger partial charge in [-0.3, -0.25) is 9.69 Å². The first-order chi connectivity index (χ1) is 16.9. The molecule has 1 N–H and O–H groups in total. The maximum Gasteiger partial charge on any atom is 0.231 e. The van der Waals surface area contributed by atoms with Gasteiger partial charge in [-0.15, -0.1) is 0 Å². The summed E-state index contributed by atoms with van der Waals surface area (Å²) in [6.07, 6.45) is 3.50. The van der Waals surface area contributed by atoms with Crippen molar-refractivity contribution >= 4 is 28.2 Å². The average Bonchev–Trinajstić information content (AvgIpc) is 3.33. The van der Waals surface area contributed by atoms with Crippen molar-refractivity contribution in [2.24, 2.45) is 0 Å². The third kappa shape index (κ3) is 4.32. The fourth-order valence-corrected chi connectivity index (χ4v) is 4.38. The molecule has 2 bridgehead atoms. The van der Waals surface area contributed by atoms with Gasteiger partial charge in [-0.2, -0.15) is 0 Å². The molecule has 3 heterocycles. The van der Waals surface area contributed by atoms with E-state index in [0.717, 1.165) is 35.0 Å². The Morgan fingerprint density at radius 1 is 1.09 bits per heavy atom. The minimum atomic E-state index is -0.638. The highest BCUT2D eigenvalue weighted by Gasteiger charge is 2.33. The third-order valence-electron chi connectivity index (χ3n) is 6.89. The van der Waals surface area contributed by atoms with Gasteiger partial charge >= 0.3 is 0 Å². The second-order valence-corrected chi connectivity index (χ2v) is 9.34. The van der Waals surface area contributed by atoms with Crippen molar-refractivity contribution in [2.45, 2.75) is 45.2 Å². The summed E-state index contributed by atoms with van der Waals surface area (Å²) in [4.78, 5) is 24.2. The summed E-state index contributed by atoms with van der Waals surface area (Å²) >= 11 is 0. The van der Waals surface area contributed by atoms with Gasteiger partial charge in [0, 0.05) is 24.4 Å². The number of rotatable bonds is 1. The summed E-state index contributed by atoms with van der Waals surface area (Å²) in [6.45, 7) is 5.09. The van der Waals surface area contributed by atoms with Gasteiger partial charge in [0.1, 0.15) is 12.1 Å². The van der Waals surface area contributed by atoms with Crippen LogP contribution in [0, 0.1) is 0 Å². The number of nitrogens with zero attached hydrogens (tertiary/aromatic N) is 3. The zero-order chi connectivity index (χ0) is 24.6. The molecule has 0 fully saturated rings. The molecule has 5 rings (SSSR count). The molecule has 0 saturated heterocycles. The van der Waals surface area contributed by atoms with Crippen LogP contribution >= 0.6 is 0 Å². The lowest BCUT2D eigenvalue weighted by molar-refractivity contribution is -0.129. The number of ether oxygens (including phenoxy) is 4. The van der Waals surface area contributed by atoms with Crippen LogP contribution in [-0.2, 0) is 11.3 Å². The lowest BCUT2D eigenvalue weighted by Gasteiger charge is -2.35. The summed E-state index contributed by atoms with van der Waals surface area (Å²) in [5.74, 6) is 3.29. The maximum atomic E-state index is 13.1. The Morgan fingerprint density at radius 2 is 1.94 bits per heavy atom. The van der Waals surface area contributed by atoms with Gasteiger partial charge in [0.2, 0.25) is 6.79 Å². The van der Waals surface area contributed by atoms with E-state index < -0.39 is 5.54 Å². The van der Waals surface area contributed by atoms with Gasteiger partial charge in [-0.25, -0.2) is 9.97 Å². The number of ketones is 1. The predicted molar refractivity (Wildman–Crippen MR) is 132 cm³/mol. The van der Waals surface area contributed by atoms with E-state index in [0.29, 0.717) is 48.4 Å². The van der Waals surface area contributed by atoms with Crippen LogP contribution < -0.4 is 24.3 Å². The van der Waals surface area contributed by atoms with E-state index in [-0.39, 0.29) is 12.6 Å². The molecule has 0 radical (unpaired) electrons. The second-order valence-electron chi connectivity index (χ2n) is 9.34. The van der Waals surface area contributed by atoms with Crippen molar-refractivity contribution in [3.63, 3.8) is 0 Å². The number of carbonyl (C=O) groups is 1. The molecular weight excluding hydrogens is 448 g/mol. The SMILES string of the molecule is COc1cc2ncnc3c2cc1OCCCCC(=O)C(C)(C)N(C)Cc1ccc2c(c1N3)OCO2. The van der Waals surface area contributed by atoms with Crippen LogP contribution in [0.5, 0.6) is 23.0 Å². The molecule has 1 aromatic heterocycles. The monoisotopic (exact) mass is 478 g/mol. The number of hydrogen-bond acceptors (Lipinski definition) is 9. The number of carbonyl (C=O) groups excluding carboxylic acids is 1. The van der Waals surface area contributed by atoms with Crippen LogP contribution in [0.1, 0.15) is 38.7 Å². The largest absolute Gasteiger partial charge is 0.493 e. The molecule has 35 heavy (non-hydrogen) atoms. The number of methoxy groups -OCH3 is 1. The molecule has 0 spiro atoms. The van der Waals surface area contributed by atoms with Gasteiger partial charge < -0.3 is 24.3 Å². The highest BCUT2D eigenvalue weighted by atomic mass is 16.7. The Hall–Kier alpha value is -3.59. The summed E-state index contributed by atoms with van der Waals surface area (Å²) in [7, 11) is 3.58. The van der Waals surface area contributed by atoms with E-state index in [1.165, 1.54) is 6.33 Å². The molecule has 9 heteroatoms. The second kappa shape index (κ2) is 9.22. The van der Waals surface area contributed by atoms with Gasteiger partial charge in [-0.05, 0) is 51.4 Å². The topological polar surface area (TPSA) is 95.0 Å². The van der Waals surface area contributed by atoms with Crippen molar-refractivity contribution in [3.8, 4) is 23.0 Å². The number of fused-ring (bicyclic) bond motifs is 4. The lowest BCUT2D eigenvalue weighted by atomic mass is 9.92. The van der Waals surface area contributed by atoms with E-state index in [1.807, 2.05) is 45.2 Å². The van der Waals surface area contributed by atoms with Crippen LogP contribution in [0.25, 0.3) is 10.9 Å². The molecule has 0 atom stereocenters. The number of benzene rings is 2. The molecule has 0 amide bonds. The number of likely N-dealkylation sites (N-methyl/N-ethyl adjacent to an activating group) is 1. The quantitative estimate of drug-likeness (QED) is 0.544. The summed E-state index contributed by atoms with van der Waals surface area (Å²) < 4.78 is 23.1.